The van der Waals surface area contributed by atoms with Crippen LogP contribution in [-0.2, 0) is 9.71 Å². The van der Waals surface area contributed by atoms with Crippen LogP contribution in [0.15, 0.2) is 24.3 Å². The Morgan fingerprint density at radius 1 is 1.32 bits per heavy atom. The Hall–Kier alpha value is -2.23. The van der Waals surface area contributed by atoms with Crippen LogP contribution in [0.4, 0.5) is 0 Å². The van der Waals surface area contributed by atoms with Crippen LogP contribution in [0.5, 0.6) is 5.75 Å². The number of hydrogen-bond acceptors (Lipinski definition) is 6. The summed E-state index contributed by atoms with van der Waals surface area (Å²) in [6.07, 6.45) is 5.55. The second-order valence-corrected chi connectivity index (χ2v) is 8.22. The molecule has 0 spiro atoms. The fourth-order valence-corrected chi connectivity index (χ4v) is 3.29. The van der Waals surface area contributed by atoms with Crippen LogP contribution in [0.25, 0.3) is 11.6 Å². The lowest BCUT2D eigenvalue weighted by molar-refractivity contribution is 0.162. The Morgan fingerprint density at radius 3 is 2.64 bits per heavy atom. The molecule has 3 rings (SSSR count). The van der Waals surface area contributed by atoms with Crippen molar-refractivity contribution in [3.8, 4) is 5.75 Å². The number of piperidine rings is 1. The highest BCUT2D eigenvalue weighted by Crippen LogP contribution is 2.20. The van der Waals surface area contributed by atoms with Crippen LogP contribution < -0.4 is 15.2 Å². The fourth-order valence-electron chi connectivity index (χ4n) is 2.62. The van der Waals surface area contributed by atoms with Gasteiger partial charge < -0.3 is 10.1 Å². The number of hydrogen-bond donors (Lipinski definition) is 3. The number of tetrazole rings is 1. The highest BCUT2D eigenvalue weighted by Gasteiger charge is 2.14. The summed E-state index contributed by atoms with van der Waals surface area (Å²) >= 11 is 0. The Labute approximate surface area is 147 Å². The van der Waals surface area contributed by atoms with Crippen molar-refractivity contribution in [2.45, 2.75) is 18.9 Å². The van der Waals surface area contributed by atoms with Crippen LogP contribution in [0.1, 0.15) is 24.2 Å². The van der Waals surface area contributed by atoms with Gasteiger partial charge in [0.25, 0.3) is 0 Å². The number of rotatable bonds is 5. The van der Waals surface area contributed by atoms with Gasteiger partial charge in [0.05, 0.1) is 0 Å². The number of allylic oxidation sites excluding steroid dienone is 1. The first-order chi connectivity index (χ1) is 12.0. The summed E-state index contributed by atoms with van der Waals surface area (Å²) in [4.78, 5) is 0. The van der Waals surface area contributed by atoms with Gasteiger partial charge >= 0.3 is 0 Å². The Bertz CT molecular complexity index is 824. The molecule has 1 saturated heterocycles. The van der Waals surface area contributed by atoms with Gasteiger partial charge in [-0.2, -0.15) is 5.21 Å². The molecule has 1 unspecified atom stereocenters. The normalized spacial score (nSPS) is 18.6. The number of aromatic nitrogens is 4. The number of nitrogens with zero attached hydrogens (tertiary/aromatic N) is 3. The molecule has 0 bridgehead atoms. The highest BCUT2D eigenvalue weighted by molar-refractivity contribution is 7.99. The molecule has 0 aliphatic carbocycles. The van der Waals surface area contributed by atoms with Crippen molar-refractivity contribution in [1.29, 1.82) is 0 Å². The van der Waals surface area contributed by atoms with Crippen molar-refractivity contribution in [2.75, 3.05) is 19.3 Å². The van der Waals surface area contributed by atoms with Crippen molar-refractivity contribution in [1.82, 2.24) is 25.9 Å². The summed E-state index contributed by atoms with van der Waals surface area (Å²) in [7, 11) is -2.59. The molecular formula is C16H22N6O2S. The molecule has 1 atom stereocenters. The molecule has 9 heteroatoms. The van der Waals surface area contributed by atoms with Crippen molar-refractivity contribution < 1.29 is 8.95 Å². The molecule has 0 saturated carbocycles. The molecule has 0 radical (unpaired) electrons. The number of nitrogens with two attached hydrogens (primary N) is 1. The maximum absolute atomic E-state index is 11.9. The first-order valence-corrected chi connectivity index (χ1v) is 10.1. The second kappa shape index (κ2) is 7.77. The summed E-state index contributed by atoms with van der Waals surface area (Å²) in [5, 5.41) is 24.2. The van der Waals surface area contributed by atoms with E-state index >= 15 is 0 Å². The van der Waals surface area contributed by atoms with E-state index in [-0.39, 0.29) is 6.10 Å². The summed E-state index contributed by atoms with van der Waals surface area (Å²) < 4.78 is 17.9. The SMILES string of the molecule is CS(N)(=O)=C/C(=C/c1ccc(OC2CCNCC2)cc1)c1nn[nH]n1. The monoisotopic (exact) mass is 362 g/mol. The number of aromatic amines is 1. The lowest BCUT2D eigenvalue weighted by Gasteiger charge is -2.23. The van der Waals surface area contributed by atoms with Gasteiger partial charge in [0.15, 0.2) is 0 Å². The minimum Gasteiger partial charge on any atom is -0.490 e. The largest absolute Gasteiger partial charge is 0.490 e. The smallest absolute Gasteiger partial charge is 0.205 e. The van der Waals surface area contributed by atoms with E-state index in [1.54, 1.807) is 0 Å². The topological polar surface area (TPSA) is 119 Å². The number of ether oxygens (including phenoxy) is 1. The molecular weight excluding hydrogens is 340 g/mol. The van der Waals surface area contributed by atoms with E-state index in [2.05, 4.69) is 25.9 Å². The molecule has 0 amide bonds. The zero-order valence-electron chi connectivity index (χ0n) is 14.0. The van der Waals surface area contributed by atoms with Crippen molar-refractivity contribution in [3.05, 3.63) is 35.7 Å². The predicted octanol–water partition coefficient (Wildman–Crippen LogP) is 0.461. The molecule has 1 aliphatic rings. The van der Waals surface area contributed by atoms with Gasteiger partial charge in [0, 0.05) is 26.9 Å². The highest BCUT2D eigenvalue weighted by atomic mass is 32.2. The van der Waals surface area contributed by atoms with Gasteiger partial charge in [-0.1, -0.05) is 12.1 Å². The third-order valence-electron chi connectivity index (χ3n) is 3.76. The Morgan fingerprint density at radius 2 is 2.04 bits per heavy atom. The van der Waals surface area contributed by atoms with E-state index in [1.165, 1.54) is 11.6 Å². The van der Waals surface area contributed by atoms with Crippen LogP contribution in [0.3, 0.4) is 0 Å². The maximum Gasteiger partial charge on any atom is 0.205 e. The van der Waals surface area contributed by atoms with Crippen LogP contribution in [-0.4, -0.2) is 55.6 Å². The van der Waals surface area contributed by atoms with E-state index < -0.39 is 9.71 Å². The molecule has 2 heterocycles. The van der Waals surface area contributed by atoms with E-state index in [1.807, 2.05) is 30.3 Å². The standard InChI is InChI=1S/C16H22N6O2S/c1-25(17,23)11-13(16-19-21-22-20-16)10-12-2-4-14(5-3-12)24-15-6-8-18-9-7-15/h2-5,10-11,15,18H,6-9H2,1H3,(H2,17,23)(H,19,20,21,22)/b13-10-. The summed E-state index contributed by atoms with van der Waals surface area (Å²) in [6.45, 7) is 1.98. The van der Waals surface area contributed by atoms with Crippen LogP contribution in [0, 0.1) is 0 Å². The molecule has 1 fully saturated rings. The van der Waals surface area contributed by atoms with Gasteiger partial charge in [0.1, 0.15) is 11.9 Å². The number of nitrogens with one attached hydrogen (secondary N) is 2. The Balaban J connectivity index is 1.79. The minimum absolute atomic E-state index is 0.257. The third kappa shape index (κ3) is 5.38. The van der Waals surface area contributed by atoms with E-state index in [0.717, 1.165) is 37.2 Å². The van der Waals surface area contributed by atoms with Gasteiger partial charge in [0.2, 0.25) is 5.82 Å². The molecule has 134 valence electrons. The molecule has 1 aliphatic heterocycles. The van der Waals surface area contributed by atoms with Crippen molar-refractivity contribution in [2.24, 2.45) is 5.14 Å². The van der Waals surface area contributed by atoms with Gasteiger partial charge in [-0.3, -0.25) is 9.35 Å². The zero-order valence-corrected chi connectivity index (χ0v) is 14.8. The summed E-state index contributed by atoms with van der Waals surface area (Å²) in [5.74, 6) is 1.18. The quantitative estimate of drug-likeness (QED) is 0.525. The van der Waals surface area contributed by atoms with Crippen LogP contribution >= 0.6 is 0 Å². The van der Waals surface area contributed by atoms with E-state index in [0.29, 0.717) is 11.4 Å². The van der Waals surface area contributed by atoms with Gasteiger partial charge in [-0.05, 0) is 54.9 Å². The molecule has 1 aromatic carbocycles. The van der Waals surface area contributed by atoms with E-state index in [4.69, 9.17) is 9.88 Å². The van der Waals surface area contributed by atoms with Crippen molar-refractivity contribution in [3.63, 3.8) is 0 Å². The predicted molar refractivity (Wildman–Crippen MR) is 99.3 cm³/mol. The average Bonchev–Trinajstić information content (AvgIpc) is 3.10. The lowest BCUT2D eigenvalue weighted by Crippen LogP contribution is -2.34. The number of benzene rings is 1. The maximum atomic E-state index is 11.9. The molecule has 4 N–H and O–H groups in total. The van der Waals surface area contributed by atoms with Crippen molar-refractivity contribution >= 4 is 26.7 Å². The first-order valence-electron chi connectivity index (χ1n) is 8.04. The summed E-state index contributed by atoms with van der Waals surface area (Å²) in [5.41, 5.74) is 1.45. The zero-order chi connectivity index (χ0) is 17.7. The minimum atomic E-state index is -2.59. The fraction of sp³-hybridized carbons (Fsp3) is 0.375. The molecule has 1 aromatic heterocycles. The van der Waals surface area contributed by atoms with Gasteiger partial charge in [-0.25, -0.2) is 0 Å². The first kappa shape index (κ1) is 17.6. The lowest BCUT2D eigenvalue weighted by atomic mass is 10.1. The third-order valence-corrected chi connectivity index (χ3v) is 4.48. The number of H-pyrrole nitrogens is 1. The van der Waals surface area contributed by atoms with Gasteiger partial charge in [-0.15, -0.1) is 10.2 Å². The molecule has 2 aromatic rings. The second-order valence-electron chi connectivity index (χ2n) is 6.06. The average molecular weight is 362 g/mol. The van der Waals surface area contributed by atoms with E-state index in [9.17, 15) is 4.21 Å². The van der Waals surface area contributed by atoms with Crippen LogP contribution in [0.2, 0.25) is 0 Å². The summed E-state index contributed by atoms with van der Waals surface area (Å²) in [6, 6.07) is 7.71. The molecule has 8 nitrogen and oxygen atoms in total. The molecule has 25 heavy (non-hydrogen) atoms. The Kier molecular flexibility index (Phi) is 5.47.